The maximum absolute atomic E-state index is 13.1. The highest BCUT2D eigenvalue weighted by Gasteiger charge is 2.15. The summed E-state index contributed by atoms with van der Waals surface area (Å²) in [6, 6.07) is 6.66. The summed E-state index contributed by atoms with van der Waals surface area (Å²) in [6.07, 6.45) is 2.93. The monoisotopic (exact) mass is 323 g/mol. The number of halogens is 1. The van der Waals surface area contributed by atoms with Crippen molar-refractivity contribution in [3.8, 4) is 0 Å². The Morgan fingerprint density at radius 3 is 3.00 bits per heavy atom. The standard InChI is InChI=1S/C17H26FN3O2/c1-19-17(20-8-3-10-23-16-7-11-22-13-16)21-9-6-14-4-2-5-15(18)12-14/h2,4-5,12,16H,3,6-11,13H2,1H3,(H2,19,20,21). The van der Waals surface area contributed by atoms with Crippen molar-refractivity contribution in [1.82, 2.24) is 10.6 Å². The van der Waals surface area contributed by atoms with Crippen molar-refractivity contribution in [3.05, 3.63) is 35.6 Å². The maximum Gasteiger partial charge on any atom is 0.190 e. The van der Waals surface area contributed by atoms with E-state index in [-0.39, 0.29) is 11.9 Å². The smallest absolute Gasteiger partial charge is 0.190 e. The van der Waals surface area contributed by atoms with Crippen LogP contribution in [0.1, 0.15) is 18.4 Å². The van der Waals surface area contributed by atoms with E-state index in [1.165, 1.54) is 6.07 Å². The lowest BCUT2D eigenvalue weighted by Gasteiger charge is -2.13. The molecule has 0 aliphatic carbocycles. The predicted octanol–water partition coefficient (Wildman–Crippen LogP) is 1.73. The van der Waals surface area contributed by atoms with E-state index >= 15 is 0 Å². The molecule has 0 bridgehead atoms. The van der Waals surface area contributed by atoms with E-state index in [9.17, 15) is 4.39 Å². The molecule has 1 heterocycles. The quantitative estimate of drug-likeness (QED) is 0.435. The second-order valence-electron chi connectivity index (χ2n) is 5.52. The predicted molar refractivity (Wildman–Crippen MR) is 89.3 cm³/mol. The van der Waals surface area contributed by atoms with Crippen LogP contribution in [0.3, 0.4) is 0 Å². The van der Waals surface area contributed by atoms with Gasteiger partial charge < -0.3 is 20.1 Å². The Balaban J connectivity index is 1.54. The van der Waals surface area contributed by atoms with Gasteiger partial charge in [-0.25, -0.2) is 4.39 Å². The van der Waals surface area contributed by atoms with Crippen molar-refractivity contribution in [2.75, 3.05) is 40.0 Å². The molecule has 0 spiro atoms. The minimum absolute atomic E-state index is 0.197. The van der Waals surface area contributed by atoms with Crippen molar-refractivity contribution in [1.29, 1.82) is 0 Å². The van der Waals surface area contributed by atoms with Gasteiger partial charge in [0.2, 0.25) is 0 Å². The van der Waals surface area contributed by atoms with Crippen molar-refractivity contribution in [2.45, 2.75) is 25.4 Å². The Hall–Kier alpha value is -1.66. The average molecular weight is 323 g/mol. The molecule has 1 unspecified atom stereocenters. The number of hydrogen-bond acceptors (Lipinski definition) is 3. The van der Waals surface area contributed by atoms with Gasteiger partial charge >= 0.3 is 0 Å². The fourth-order valence-electron chi connectivity index (χ4n) is 2.41. The first-order valence-corrected chi connectivity index (χ1v) is 8.16. The van der Waals surface area contributed by atoms with Gasteiger partial charge in [-0.05, 0) is 37.0 Å². The average Bonchev–Trinajstić information content (AvgIpc) is 3.06. The summed E-state index contributed by atoms with van der Waals surface area (Å²) in [5.41, 5.74) is 0.972. The first kappa shape index (κ1) is 17.7. The number of nitrogens with zero attached hydrogens (tertiary/aromatic N) is 1. The molecule has 1 atom stereocenters. The van der Waals surface area contributed by atoms with Crippen molar-refractivity contribution >= 4 is 5.96 Å². The topological polar surface area (TPSA) is 54.9 Å². The third-order valence-electron chi connectivity index (χ3n) is 3.67. The van der Waals surface area contributed by atoms with Crippen LogP contribution in [0.5, 0.6) is 0 Å². The van der Waals surface area contributed by atoms with Crippen molar-refractivity contribution in [3.63, 3.8) is 0 Å². The number of nitrogens with one attached hydrogen (secondary N) is 2. The molecule has 0 radical (unpaired) electrons. The third kappa shape index (κ3) is 6.97. The van der Waals surface area contributed by atoms with Crippen LogP contribution in [-0.2, 0) is 15.9 Å². The van der Waals surface area contributed by atoms with Crippen LogP contribution >= 0.6 is 0 Å². The lowest BCUT2D eigenvalue weighted by atomic mass is 10.1. The normalized spacial score (nSPS) is 18.2. The molecule has 1 aromatic carbocycles. The summed E-state index contributed by atoms with van der Waals surface area (Å²) in [6.45, 7) is 3.76. The molecular formula is C17H26FN3O2. The summed E-state index contributed by atoms with van der Waals surface area (Å²) in [5.74, 6) is 0.559. The van der Waals surface area contributed by atoms with Crippen LogP contribution in [0.25, 0.3) is 0 Å². The molecule has 2 rings (SSSR count). The third-order valence-corrected chi connectivity index (χ3v) is 3.67. The van der Waals surface area contributed by atoms with Crippen molar-refractivity contribution in [2.24, 2.45) is 4.99 Å². The molecule has 1 aliphatic rings. The highest BCUT2D eigenvalue weighted by Crippen LogP contribution is 2.07. The second-order valence-corrected chi connectivity index (χ2v) is 5.52. The van der Waals surface area contributed by atoms with Gasteiger partial charge in [0.15, 0.2) is 5.96 Å². The number of rotatable bonds is 8. The molecular weight excluding hydrogens is 297 g/mol. The van der Waals surface area contributed by atoms with Crippen LogP contribution in [0, 0.1) is 5.82 Å². The van der Waals surface area contributed by atoms with E-state index in [0.717, 1.165) is 57.2 Å². The summed E-state index contributed by atoms with van der Waals surface area (Å²) < 4.78 is 24.1. The van der Waals surface area contributed by atoms with E-state index in [2.05, 4.69) is 15.6 Å². The lowest BCUT2D eigenvalue weighted by Crippen LogP contribution is -2.39. The summed E-state index contributed by atoms with van der Waals surface area (Å²) >= 11 is 0. The fraction of sp³-hybridized carbons (Fsp3) is 0.588. The number of aliphatic imine (C=N–C) groups is 1. The Bertz CT molecular complexity index is 490. The number of guanidine groups is 1. The molecule has 2 N–H and O–H groups in total. The highest BCUT2D eigenvalue weighted by atomic mass is 19.1. The molecule has 23 heavy (non-hydrogen) atoms. The zero-order chi connectivity index (χ0) is 16.3. The minimum Gasteiger partial charge on any atom is -0.379 e. The van der Waals surface area contributed by atoms with Crippen LogP contribution < -0.4 is 10.6 Å². The molecule has 1 saturated heterocycles. The van der Waals surface area contributed by atoms with Gasteiger partial charge in [0.05, 0.1) is 12.7 Å². The van der Waals surface area contributed by atoms with E-state index in [0.29, 0.717) is 6.54 Å². The molecule has 1 fully saturated rings. The second kappa shape index (κ2) is 10.2. The van der Waals surface area contributed by atoms with Gasteiger partial charge in [-0.2, -0.15) is 0 Å². The Morgan fingerprint density at radius 2 is 2.26 bits per heavy atom. The van der Waals surface area contributed by atoms with E-state index in [1.54, 1.807) is 19.2 Å². The Labute approximate surface area is 137 Å². The zero-order valence-electron chi connectivity index (χ0n) is 13.7. The van der Waals surface area contributed by atoms with E-state index in [4.69, 9.17) is 9.47 Å². The number of ether oxygens (including phenoxy) is 2. The van der Waals surface area contributed by atoms with Gasteiger partial charge in [0.25, 0.3) is 0 Å². The molecule has 1 aromatic rings. The zero-order valence-corrected chi connectivity index (χ0v) is 13.7. The first-order valence-electron chi connectivity index (χ1n) is 8.16. The summed E-state index contributed by atoms with van der Waals surface area (Å²) in [4.78, 5) is 4.17. The summed E-state index contributed by atoms with van der Waals surface area (Å²) in [7, 11) is 1.74. The molecule has 128 valence electrons. The van der Waals surface area contributed by atoms with Gasteiger partial charge in [-0.1, -0.05) is 12.1 Å². The molecule has 5 nitrogen and oxygen atoms in total. The van der Waals surface area contributed by atoms with Crippen LogP contribution in [0.2, 0.25) is 0 Å². The highest BCUT2D eigenvalue weighted by molar-refractivity contribution is 5.79. The SMILES string of the molecule is CN=C(NCCCOC1CCOC1)NCCc1cccc(F)c1. The Morgan fingerprint density at radius 1 is 1.39 bits per heavy atom. The van der Waals surface area contributed by atoms with Gasteiger partial charge in [-0.15, -0.1) is 0 Å². The lowest BCUT2D eigenvalue weighted by molar-refractivity contribution is 0.0420. The molecule has 6 heteroatoms. The first-order chi connectivity index (χ1) is 11.3. The maximum atomic E-state index is 13.1. The Kier molecular flexibility index (Phi) is 7.83. The number of hydrogen-bond donors (Lipinski definition) is 2. The van der Waals surface area contributed by atoms with Crippen LogP contribution in [0.15, 0.2) is 29.3 Å². The van der Waals surface area contributed by atoms with E-state index < -0.39 is 0 Å². The van der Waals surface area contributed by atoms with Crippen molar-refractivity contribution < 1.29 is 13.9 Å². The molecule has 0 amide bonds. The van der Waals surface area contributed by atoms with Crippen LogP contribution in [0.4, 0.5) is 4.39 Å². The molecule has 0 aromatic heterocycles. The van der Waals surface area contributed by atoms with Gasteiger partial charge in [-0.3, -0.25) is 4.99 Å². The largest absolute Gasteiger partial charge is 0.379 e. The van der Waals surface area contributed by atoms with E-state index in [1.807, 2.05) is 6.07 Å². The fourth-order valence-corrected chi connectivity index (χ4v) is 2.41. The van der Waals surface area contributed by atoms with Gasteiger partial charge in [0.1, 0.15) is 5.82 Å². The molecule has 1 aliphatic heterocycles. The van der Waals surface area contributed by atoms with Crippen LogP contribution in [-0.4, -0.2) is 52.0 Å². The minimum atomic E-state index is -0.197. The van der Waals surface area contributed by atoms with Gasteiger partial charge in [0, 0.05) is 33.4 Å². The number of benzene rings is 1. The molecule has 0 saturated carbocycles. The summed E-state index contributed by atoms with van der Waals surface area (Å²) in [5, 5.41) is 6.47.